The molecule has 1 unspecified atom stereocenters. The van der Waals surface area contributed by atoms with Gasteiger partial charge in [-0.25, -0.2) is 0 Å². The highest BCUT2D eigenvalue weighted by Crippen LogP contribution is 2.33. The third-order valence-corrected chi connectivity index (χ3v) is 6.37. The van der Waals surface area contributed by atoms with Gasteiger partial charge in [0.15, 0.2) is 15.8 Å². The Bertz CT molecular complexity index is 1020. The molecule has 0 saturated carbocycles. The second-order valence-corrected chi connectivity index (χ2v) is 9.04. The molecule has 0 saturated heterocycles. The summed E-state index contributed by atoms with van der Waals surface area (Å²) in [6.45, 7) is 4.55. The quantitative estimate of drug-likeness (QED) is 0.548. The lowest BCUT2D eigenvalue weighted by molar-refractivity contribution is -0.120. The second kappa shape index (κ2) is 8.71. The summed E-state index contributed by atoms with van der Waals surface area (Å²) in [6, 6.07) is 13.6. The molecule has 1 aromatic heterocycles. The predicted molar refractivity (Wildman–Crippen MR) is 114 cm³/mol. The van der Waals surface area contributed by atoms with Crippen molar-refractivity contribution in [3.63, 3.8) is 0 Å². The smallest absolute Gasteiger partial charge is 0.233 e. The maximum atomic E-state index is 12.4. The minimum Gasteiger partial charge on any atom is -0.454 e. The molecule has 0 fully saturated rings. The zero-order valence-corrected chi connectivity index (χ0v) is 17.6. The fraction of sp³-hybridized carbons (Fsp3) is 0.250. The average molecular weight is 429 g/mol. The summed E-state index contributed by atoms with van der Waals surface area (Å²) < 4.78 is 11.4. The third-order valence-electron chi connectivity index (χ3n) is 4.34. The Morgan fingerprint density at radius 3 is 2.90 bits per heavy atom. The molecule has 1 amide bonds. The zero-order valence-electron chi connectivity index (χ0n) is 16.0. The van der Waals surface area contributed by atoms with Crippen molar-refractivity contribution in [2.24, 2.45) is 0 Å². The number of fused-ring (bicyclic) bond motifs is 1. The number of aryl methyl sites for hydroxylation is 1. The largest absolute Gasteiger partial charge is 0.454 e. The number of amides is 1. The SMILES string of the molecule is Cc1ccccc1Nc1nnc(SC(C)C(=O)NCc2ccc3c(c2)OCO3)s1. The van der Waals surface area contributed by atoms with E-state index in [9.17, 15) is 4.79 Å². The Hall–Kier alpha value is -2.78. The van der Waals surface area contributed by atoms with Crippen molar-refractivity contribution in [1.29, 1.82) is 0 Å². The summed E-state index contributed by atoms with van der Waals surface area (Å²) in [6.07, 6.45) is 0. The third kappa shape index (κ3) is 4.80. The fourth-order valence-corrected chi connectivity index (χ4v) is 4.66. The Morgan fingerprint density at radius 1 is 1.21 bits per heavy atom. The van der Waals surface area contributed by atoms with Crippen LogP contribution in [0.15, 0.2) is 46.8 Å². The fourth-order valence-electron chi connectivity index (χ4n) is 2.72. The molecule has 0 bridgehead atoms. The van der Waals surface area contributed by atoms with Gasteiger partial charge in [0.05, 0.1) is 5.25 Å². The molecule has 4 rings (SSSR count). The maximum Gasteiger partial charge on any atom is 0.233 e. The normalized spacial score (nSPS) is 13.2. The van der Waals surface area contributed by atoms with E-state index in [-0.39, 0.29) is 18.0 Å². The van der Waals surface area contributed by atoms with Crippen LogP contribution >= 0.6 is 23.1 Å². The van der Waals surface area contributed by atoms with Crippen molar-refractivity contribution >= 4 is 39.8 Å². The van der Waals surface area contributed by atoms with Crippen LogP contribution in [0.2, 0.25) is 0 Å². The van der Waals surface area contributed by atoms with E-state index in [1.165, 1.54) is 23.1 Å². The lowest BCUT2D eigenvalue weighted by Crippen LogP contribution is -2.30. The zero-order chi connectivity index (χ0) is 20.2. The minimum atomic E-state index is -0.289. The number of thioether (sulfide) groups is 1. The van der Waals surface area contributed by atoms with Gasteiger partial charge in [-0.05, 0) is 43.2 Å². The van der Waals surface area contributed by atoms with Gasteiger partial charge >= 0.3 is 0 Å². The Morgan fingerprint density at radius 2 is 2.03 bits per heavy atom. The number of anilines is 2. The molecular formula is C20H20N4O3S2. The van der Waals surface area contributed by atoms with E-state index in [1.54, 1.807) is 0 Å². The lowest BCUT2D eigenvalue weighted by atomic mass is 10.2. The lowest BCUT2D eigenvalue weighted by Gasteiger charge is -2.10. The first kappa shape index (κ1) is 19.5. The molecule has 0 spiro atoms. The molecule has 3 aromatic rings. The van der Waals surface area contributed by atoms with Crippen molar-refractivity contribution in [2.75, 3.05) is 12.1 Å². The van der Waals surface area contributed by atoms with E-state index in [0.29, 0.717) is 17.4 Å². The number of benzene rings is 2. The van der Waals surface area contributed by atoms with Crippen LogP contribution in [-0.2, 0) is 11.3 Å². The summed E-state index contributed by atoms with van der Waals surface area (Å²) in [5, 5.41) is 15.0. The van der Waals surface area contributed by atoms with Crippen molar-refractivity contribution in [2.45, 2.75) is 30.0 Å². The number of aromatic nitrogens is 2. The van der Waals surface area contributed by atoms with Crippen LogP contribution in [-0.4, -0.2) is 28.1 Å². The van der Waals surface area contributed by atoms with Crippen molar-refractivity contribution < 1.29 is 14.3 Å². The molecule has 29 heavy (non-hydrogen) atoms. The number of nitrogens with one attached hydrogen (secondary N) is 2. The van der Waals surface area contributed by atoms with Crippen LogP contribution in [0.3, 0.4) is 0 Å². The van der Waals surface area contributed by atoms with Crippen molar-refractivity contribution in [1.82, 2.24) is 15.5 Å². The molecule has 9 heteroatoms. The van der Waals surface area contributed by atoms with E-state index >= 15 is 0 Å². The van der Waals surface area contributed by atoms with Gasteiger partial charge < -0.3 is 20.1 Å². The average Bonchev–Trinajstić information content (AvgIpc) is 3.36. The summed E-state index contributed by atoms with van der Waals surface area (Å²) in [7, 11) is 0. The van der Waals surface area contributed by atoms with E-state index in [4.69, 9.17) is 9.47 Å². The van der Waals surface area contributed by atoms with Gasteiger partial charge in [0.25, 0.3) is 0 Å². The standard InChI is InChI=1S/C20H20N4O3S2/c1-12-5-3-4-6-15(12)22-19-23-24-20(29-19)28-13(2)18(25)21-10-14-7-8-16-17(9-14)27-11-26-16/h3-9,13H,10-11H2,1-2H3,(H,21,25)(H,22,23). The van der Waals surface area contributed by atoms with E-state index in [0.717, 1.165) is 26.9 Å². The van der Waals surface area contributed by atoms with Gasteiger partial charge in [0.1, 0.15) is 0 Å². The number of nitrogens with zero attached hydrogens (tertiary/aromatic N) is 2. The van der Waals surface area contributed by atoms with Crippen LogP contribution in [0, 0.1) is 6.92 Å². The van der Waals surface area contributed by atoms with Gasteiger partial charge in [0.2, 0.25) is 17.8 Å². The van der Waals surface area contributed by atoms with E-state index in [2.05, 4.69) is 20.8 Å². The first-order valence-electron chi connectivity index (χ1n) is 9.07. The first-order chi connectivity index (χ1) is 14.1. The minimum absolute atomic E-state index is 0.0590. The molecule has 2 aromatic carbocycles. The van der Waals surface area contributed by atoms with Gasteiger partial charge in [-0.2, -0.15) is 0 Å². The van der Waals surface area contributed by atoms with Crippen LogP contribution in [0.4, 0.5) is 10.8 Å². The summed E-state index contributed by atoms with van der Waals surface area (Å²) >= 11 is 2.82. The second-order valence-electron chi connectivity index (χ2n) is 6.48. The number of carbonyl (C=O) groups excluding carboxylic acids is 1. The van der Waals surface area contributed by atoms with Gasteiger partial charge in [-0.1, -0.05) is 47.4 Å². The summed E-state index contributed by atoms with van der Waals surface area (Å²) in [5.74, 6) is 1.38. The highest BCUT2D eigenvalue weighted by atomic mass is 32.2. The van der Waals surface area contributed by atoms with Gasteiger partial charge in [0, 0.05) is 12.2 Å². The molecule has 7 nitrogen and oxygen atoms in total. The summed E-state index contributed by atoms with van der Waals surface area (Å²) in [4.78, 5) is 12.4. The maximum absolute atomic E-state index is 12.4. The number of para-hydroxylation sites is 1. The van der Waals surface area contributed by atoms with Crippen LogP contribution in [0.25, 0.3) is 0 Å². The number of hydrogen-bond donors (Lipinski definition) is 2. The van der Waals surface area contributed by atoms with Crippen LogP contribution < -0.4 is 20.1 Å². The number of ether oxygens (including phenoxy) is 2. The Balaban J connectivity index is 1.30. The van der Waals surface area contributed by atoms with Gasteiger partial charge in [-0.15, -0.1) is 10.2 Å². The topological polar surface area (TPSA) is 85.4 Å². The Kier molecular flexibility index (Phi) is 5.86. The molecule has 2 N–H and O–H groups in total. The number of hydrogen-bond acceptors (Lipinski definition) is 8. The van der Waals surface area contributed by atoms with Crippen molar-refractivity contribution in [3.8, 4) is 11.5 Å². The molecule has 0 aliphatic carbocycles. The first-order valence-corrected chi connectivity index (χ1v) is 10.8. The van der Waals surface area contributed by atoms with E-state index in [1.807, 2.05) is 56.3 Å². The highest BCUT2D eigenvalue weighted by Gasteiger charge is 2.18. The predicted octanol–water partition coefficient (Wildman–Crippen LogP) is 4.12. The highest BCUT2D eigenvalue weighted by molar-refractivity contribution is 8.02. The number of carbonyl (C=O) groups is 1. The monoisotopic (exact) mass is 428 g/mol. The molecular weight excluding hydrogens is 408 g/mol. The molecule has 1 aliphatic heterocycles. The van der Waals surface area contributed by atoms with Crippen LogP contribution in [0.5, 0.6) is 11.5 Å². The Labute approximate surface area is 176 Å². The summed E-state index contributed by atoms with van der Waals surface area (Å²) in [5.41, 5.74) is 3.09. The molecule has 1 atom stereocenters. The van der Waals surface area contributed by atoms with Crippen LogP contribution in [0.1, 0.15) is 18.1 Å². The number of rotatable bonds is 7. The van der Waals surface area contributed by atoms with E-state index < -0.39 is 0 Å². The molecule has 150 valence electrons. The molecule has 2 heterocycles. The molecule has 0 radical (unpaired) electrons. The molecule has 1 aliphatic rings. The van der Waals surface area contributed by atoms with Crippen molar-refractivity contribution in [3.05, 3.63) is 53.6 Å². The van der Waals surface area contributed by atoms with Gasteiger partial charge in [-0.3, -0.25) is 4.79 Å².